The molecule has 0 bridgehead atoms. The van der Waals surface area contributed by atoms with E-state index in [2.05, 4.69) is 52.2 Å². The summed E-state index contributed by atoms with van der Waals surface area (Å²) >= 11 is 0. The molecule has 83 heavy (non-hydrogen) atoms. The molecule has 2 aliphatic heterocycles. The fourth-order valence-corrected chi connectivity index (χ4v) is 14.3. The number of carbonyl (C=O) groups excluding carboxylic acids is 10. The molecule has 17 N–H and O–H groups in total. The molecule has 0 radical (unpaired) electrons. The van der Waals surface area contributed by atoms with Gasteiger partial charge in [-0.05, 0) is 67.7 Å². The number of nitrogens with two attached hydrogens (primary N) is 4. The molecular formula is C56H77N15O10S2. The summed E-state index contributed by atoms with van der Waals surface area (Å²) in [5, 5.41) is 20.9. The Bertz CT molecular complexity index is 3050. The first kappa shape index (κ1) is 62.8. The lowest BCUT2D eigenvalue weighted by Crippen LogP contribution is -2.61. The molecule has 3 fully saturated rings. The Morgan fingerprint density at radius 2 is 1.35 bits per heavy atom. The summed E-state index contributed by atoms with van der Waals surface area (Å²) in [6.45, 7) is 3.30. The second-order valence-corrected chi connectivity index (χ2v) is 24.5. The van der Waals surface area contributed by atoms with E-state index in [4.69, 9.17) is 22.9 Å². The average Bonchev–Trinajstić information content (AvgIpc) is 4.44. The van der Waals surface area contributed by atoms with Crippen molar-refractivity contribution in [3.63, 3.8) is 0 Å². The van der Waals surface area contributed by atoms with Crippen LogP contribution in [-0.2, 0) is 60.8 Å². The number of likely N-dealkylation sites (tertiary alicyclic amines) is 1. The van der Waals surface area contributed by atoms with Gasteiger partial charge >= 0.3 is 0 Å². The molecule has 25 nitrogen and oxygen atoms in total. The number of H-pyrrole nitrogens is 2. The predicted octanol–water partition coefficient (Wildman–Crippen LogP) is 0.399. The van der Waals surface area contributed by atoms with E-state index in [9.17, 15) is 43.2 Å². The van der Waals surface area contributed by atoms with Crippen molar-refractivity contribution in [1.82, 2.24) is 52.1 Å². The second kappa shape index (κ2) is 29.4. The summed E-state index contributed by atoms with van der Waals surface area (Å²) in [7, 11) is 2.60. The molecule has 1 aliphatic carbocycles. The highest BCUT2D eigenvalue weighted by molar-refractivity contribution is 8.77. The molecule has 448 valence electrons. The van der Waals surface area contributed by atoms with Crippen molar-refractivity contribution in [2.45, 2.75) is 151 Å². The summed E-state index contributed by atoms with van der Waals surface area (Å²) in [4.78, 5) is 153. The molecule has 10 amide bonds. The number of benzene rings is 2. The van der Waals surface area contributed by atoms with Gasteiger partial charge in [-0.25, -0.2) is 0 Å². The monoisotopic (exact) mass is 1180 g/mol. The maximum atomic E-state index is 15.1. The third-order valence-electron chi connectivity index (χ3n) is 15.5. The van der Waals surface area contributed by atoms with Gasteiger partial charge in [0.05, 0.1) is 13.0 Å². The first-order valence-corrected chi connectivity index (χ1v) is 30.5. The Hall–Kier alpha value is -7.81. The van der Waals surface area contributed by atoms with E-state index >= 15 is 4.79 Å². The minimum absolute atomic E-state index is 0.0284. The molecule has 7 rings (SSSR count). The molecule has 2 aromatic carbocycles. The lowest BCUT2D eigenvalue weighted by molar-refractivity contribution is -0.142. The van der Waals surface area contributed by atoms with E-state index in [1.807, 2.05) is 55.5 Å². The van der Waals surface area contributed by atoms with E-state index in [-0.39, 0.29) is 63.3 Å². The number of aliphatic imine (C=N–C) groups is 1. The molecule has 4 aromatic rings. The summed E-state index contributed by atoms with van der Waals surface area (Å²) < 4.78 is -0.712. The van der Waals surface area contributed by atoms with Crippen LogP contribution in [0.5, 0.6) is 0 Å². The van der Waals surface area contributed by atoms with Crippen LogP contribution in [0.25, 0.3) is 21.8 Å². The number of hydrogen-bond donors (Lipinski definition) is 13. The number of aromatic amines is 2. The van der Waals surface area contributed by atoms with Crippen LogP contribution in [-0.4, -0.2) is 152 Å². The molecule has 4 heterocycles. The van der Waals surface area contributed by atoms with Gasteiger partial charge in [-0.15, -0.1) is 0 Å². The smallest absolute Gasteiger partial charge is 0.246 e. The van der Waals surface area contributed by atoms with Crippen LogP contribution in [0.2, 0.25) is 0 Å². The van der Waals surface area contributed by atoms with Gasteiger partial charge in [0.15, 0.2) is 5.96 Å². The Labute approximate surface area is 488 Å². The summed E-state index contributed by atoms with van der Waals surface area (Å²) in [5.41, 5.74) is 24.9. The van der Waals surface area contributed by atoms with Gasteiger partial charge in [-0.1, -0.05) is 97.5 Å². The zero-order valence-electron chi connectivity index (χ0n) is 46.7. The van der Waals surface area contributed by atoms with Gasteiger partial charge in [-0.3, -0.25) is 52.9 Å². The van der Waals surface area contributed by atoms with Crippen molar-refractivity contribution in [2.75, 3.05) is 25.4 Å². The number of para-hydroxylation sites is 2. The van der Waals surface area contributed by atoms with Crippen molar-refractivity contribution in [2.24, 2.45) is 33.8 Å². The van der Waals surface area contributed by atoms with Crippen LogP contribution < -0.4 is 60.2 Å². The van der Waals surface area contributed by atoms with Crippen molar-refractivity contribution in [3.8, 4) is 0 Å². The van der Waals surface area contributed by atoms with Crippen molar-refractivity contribution >= 4 is 108 Å². The maximum absolute atomic E-state index is 15.1. The summed E-state index contributed by atoms with van der Waals surface area (Å²) in [6, 6.07) is 5.57. The van der Waals surface area contributed by atoms with E-state index in [0.29, 0.717) is 31.2 Å². The molecule has 8 atom stereocenters. The highest BCUT2D eigenvalue weighted by Gasteiger charge is 2.43. The van der Waals surface area contributed by atoms with Gasteiger partial charge in [0.2, 0.25) is 59.1 Å². The quantitative estimate of drug-likeness (QED) is 0.0278. The molecular weight excluding hydrogens is 1110 g/mol. The normalized spacial score (nSPS) is 22.9. The molecule has 2 aromatic heterocycles. The van der Waals surface area contributed by atoms with E-state index in [0.717, 1.165) is 46.6 Å². The fraction of sp³-hybridized carbons (Fsp3) is 0.518. The molecule has 27 heteroatoms. The van der Waals surface area contributed by atoms with Crippen LogP contribution >= 0.6 is 21.6 Å². The van der Waals surface area contributed by atoms with Gasteiger partial charge < -0.3 is 75.0 Å². The standard InChI is InChI=1S/C56H77N15O10S2/c1-3-31(2)47-53(80)68-40(24-33-28-63-37-16-8-6-14-35(33)37)49(76)67-41(25-44(57)72)50(77)69-42(54(81)71-22-12-18-43(71)52(79)66-38(17-11-21-61-55(59)60)48(75)64-29-45(58)73)30-82-83-56(19-9-4-10-20-56)26-46(74)65-39(51(78)70-47)23-32-27-62-36-15-7-5-13-34(32)36/h5-8,13-16,27-28,31,38-43,47,62-63H,3-4,9-12,17-26,29-30H2,1-2H3,(H2,57,72)(H2,58,73)(H,64,75)(H,65,74)(H,66,79)(H,67,76)(H,68,80)(H,69,77)(H,70,78)(H4,59,60,61)/t31-,38-,39+,40?,41-,42-,43-,47-/m0/s1. The third kappa shape index (κ3) is 17.1. The minimum Gasteiger partial charge on any atom is -0.370 e. The molecule has 3 aliphatic rings. The Morgan fingerprint density at radius 3 is 1.96 bits per heavy atom. The van der Waals surface area contributed by atoms with Gasteiger partial charge in [0.25, 0.3) is 0 Å². The third-order valence-corrected chi connectivity index (χ3v) is 18.8. The minimum atomic E-state index is -1.69. The SMILES string of the molecule is CC[C@H](C)[C@@H]1NC(=O)[C@@H](Cc2c[nH]c3ccccc23)NC(=O)CC2(CCCCC2)SSC[C@@H](C(=O)N2CCC[C@H]2C(=O)N[C@@H](CCCN=C(N)N)C(=O)NCC(N)=O)NC(=O)[C@H](CC(N)=O)NC(=O)C(Cc2c[nH]c3ccccc23)NC1=O. The average molecular weight is 1180 g/mol. The Balaban J connectivity index is 1.24. The first-order chi connectivity index (χ1) is 39.7. The molecule has 1 spiro atoms. The van der Waals surface area contributed by atoms with Gasteiger partial charge in [-0.2, -0.15) is 0 Å². The van der Waals surface area contributed by atoms with Crippen LogP contribution in [0.15, 0.2) is 65.9 Å². The van der Waals surface area contributed by atoms with Crippen molar-refractivity contribution in [3.05, 3.63) is 72.1 Å². The Morgan fingerprint density at radius 1 is 0.747 bits per heavy atom. The first-order valence-electron chi connectivity index (χ1n) is 28.2. The molecule has 2 saturated heterocycles. The number of guanidine groups is 1. The summed E-state index contributed by atoms with van der Waals surface area (Å²) in [5.74, 6) is -8.37. The number of nitrogens with one attached hydrogen (secondary N) is 9. The number of fused-ring (bicyclic) bond motifs is 2. The predicted molar refractivity (Wildman–Crippen MR) is 316 cm³/mol. The zero-order valence-corrected chi connectivity index (χ0v) is 48.4. The number of nitrogens with zero attached hydrogens (tertiary/aromatic N) is 2. The highest BCUT2D eigenvalue weighted by atomic mass is 33.1. The lowest BCUT2D eigenvalue weighted by atomic mass is 9.85. The van der Waals surface area contributed by atoms with Crippen LogP contribution in [0.4, 0.5) is 0 Å². The molecule has 1 unspecified atom stereocenters. The van der Waals surface area contributed by atoms with Crippen molar-refractivity contribution < 1.29 is 47.9 Å². The topological polar surface area (TPSA) is 406 Å². The maximum Gasteiger partial charge on any atom is 0.246 e. The van der Waals surface area contributed by atoms with Crippen LogP contribution in [0, 0.1) is 5.92 Å². The van der Waals surface area contributed by atoms with Gasteiger partial charge in [0, 0.05) is 77.1 Å². The van der Waals surface area contributed by atoms with E-state index < -0.39 is 125 Å². The number of amides is 10. The highest BCUT2D eigenvalue weighted by Crippen LogP contribution is 2.48. The number of aromatic nitrogens is 2. The second-order valence-electron chi connectivity index (χ2n) is 21.6. The van der Waals surface area contributed by atoms with Gasteiger partial charge in [0.1, 0.15) is 42.3 Å². The van der Waals surface area contributed by atoms with E-state index in [1.54, 1.807) is 19.3 Å². The Kier molecular flexibility index (Phi) is 22.3. The molecule has 1 saturated carbocycles. The fourth-order valence-electron chi connectivity index (χ4n) is 10.9. The van der Waals surface area contributed by atoms with Crippen LogP contribution in [0.1, 0.15) is 102 Å². The zero-order chi connectivity index (χ0) is 59.8. The lowest BCUT2D eigenvalue weighted by Gasteiger charge is -2.37. The largest absolute Gasteiger partial charge is 0.370 e. The van der Waals surface area contributed by atoms with Crippen molar-refractivity contribution in [1.29, 1.82) is 0 Å². The number of primary amides is 2. The van der Waals surface area contributed by atoms with Crippen LogP contribution in [0.3, 0.4) is 0 Å². The number of hydrogen-bond acceptors (Lipinski definition) is 13. The number of carbonyl (C=O) groups is 10. The van der Waals surface area contributed by atoms with E-state index in [1.165, 1.54) is 26.5 Å². The summed E-state index contributed by atoms with van der Waals surface area (Å²) in [6.07, 6.45) is 7.51. The number of rotatable bonds is 18.